The van der Waals surface area contributed by atoms with Crippen LogP contribution >= 0.6 is 0 Å². The van der Waals surface area contributed by atoms with Crippen LogP contribution in [-0.2, 0) is 75.8 Å². The molecule has 14 aliphatic rings. The third kappa shape index (κ3) is 9.97. The molecule has 0 aliphatic carbocycles. The predicted molar refractivity (Wildman–Crippen MR) is 286 cm³/mol. The zero-order valence-electron chi connectivity index (χ0n) is 48.4. The number of hydrogen-bond acceptors (Lipinski definition) is 18. The Hall–Kier alpha value is -1.69. The van der Waals surface area contributed by atoms with E-state index < -0.39 is 47.9 Å². The molecule has 80 heavy (non-hydrogen) atoms. The number of nitrogens with two attached hydrogens (primary N) is 1. The maximum atomic E-state index is 14.7. The molecule has 3 N–H and O–H groups in total. The van der Waals surface area contributed by atoms with Crippen molar-refractivity contribution in [2.45, 2.75) is 308 Å². The molecule has 0 saturated carbocycles. The van der Waals surface area contributed by atoms with E-state index in [0.29, 0.717) is 70.1 Å². The molecular formula is C62H93NO17. The molecule has 14 saturated heterocycles. The number of carbonyl (C=O) groups excluding carboxylic acids is 1. The molecule has 0 aromatic rings. The van der Waals surface area contributed by atoms with Gasteiger partial charge in [-0.3, -0.25) is 4.79 Å². The molecule has 18 nitrogen and oxygen atoms in total. The van der Waals surface area contributed by atoms with E-state index in [2.05, 4.69) is 54.7 Å². The van der Waals surface area contributed by atoms with E-state index in [-0.39, 0.29) is 158 Å². The standard InChI is InChI=1S/C62H93NO17/c1-28-14-38-16-29(2)33(6)42(68-38)20-44-55(74-51(65)18-36-10-11-40-58(69-36)57-35(8)56(71-40)59-48(66-9)25-60(79-57,80-59)13-12-37-17-30(3)41(15-28)67-37)34(7)54-45(70-44)21-43-47(72-54)24-62(75-43)26-49-53(78-62)32(5)23-61(77-49)22-31(4)52-46(76-61)19-39(64)50(27-63)73-52/h28-29,31-32,34-50,52-59,64H,3,6,10-27,63H2,1-2,4-5,7-9H3/t28-,29+,31-,32-,34-,35?,36+,37-,38-,39+,40-,41-,42+,43+,44-,45-,46-,47+,48+,49-,50+,52-,53-,54-,55+,56?,57+,58-,59?,60+,61+,62-/m0/s1. The number of hydrogen-bond donors (Lipinski definition) is 2. The van der Waals surface area contributed by atoms with Crippen LogP contribution in [0.5, 0.6) is 0 Å². The summed E-state index contributed by atoms with van der Waals surface area (Å²) in [5.74, 6) is -2.36. The molecule has 448 valence electrons. The van der Waals surface area contributed by atoms with E-state index in [1.165, 1.54) is 0 Å². The summed E-state index contributed by atoms with van der Waals surface area (Å²) in [6, 6.07) is 0. The van der Waals surface area contributed by atoms with Gasteiger partial charge in [-0.15, -0.1) is 0 Å². The summed E-state index contributed by atoms with van der Waals surface area (Å²) >= 11 is 0. The highest BCUT2D eigenvalue weighted by Crippen LogP contribution is 2.57. The Morgan fingerprint density at radius 3 is 2.04 bits per heavy atom. The predicted octanol–water partition coefficient (Wildman–Crippen LogP) is 6.66. The van der Waals surface area contributed by atoms with Gasteiger partial charge in [0, 0.05) is 83.3 Å². The molecule has 0 aromatic carbocycles. The third-order valence-electron chi connectivity index (χ3n) is 22.3. The van der Waals surface area contributed by atoms with E-state index in [4.69, 9.17) is 76.8 Å². The molecule has 32 atom stereocenters. The van der Waals surface area contributed by atoms with Gasteiger partial charge < -0.3 is 81.9 Å². The van der Waals surface area contributed by atoms with Crippen LogP contribution in [0.2, 0.25) is 0 Å². The van der Waals surface area contributed by atoms with Crippen molar-refractivity contribution in [2.75, 3.05) is 13.7 Å². The van der Waals surface area contributed by atoms with E-state index in [0.717, 1.165) is 49.7 Å². The lowest BCUT2D eigenvalue weighted by Gasteiger charge is -2.54. The lowest BCUT2D eigenvalue weighted by molar-refractivity contribution is -0.370. The van der Waals surface area contributed by atoms with Gasteiger partial charge in [-0.25, -0.2) is 0 Å². The Labute approximate surface area is 473 Å². The van der Waals surface area contributed by atoms with Gasteiger partial charge in [0.2, 0.25) is 0 Å². The minimum absolute atomic E-state index is 0.00808. The number of fused-ring (bicyclic) bond motifs is 13. The average molecular weight is 1120 g/mol. The second-order valence-corrected chi connectivity index (χ2v) is 28.2. The maximum Gasteiger partial charge on any atom is 0.308 e. The van der Waals surface area contributed by atoms with Gasteiger partial charge in [0.25, 0.3) is 0 Å². The van der Waals surface area contributed by atoms with Gasteiger partial charge in [0.05, 0.1) is 129 Å². The lowest BCUT2D eigenvalue weighted by atomic mass is 9.78. The third-order valence-corrected chi connectivity index (χ3v) is 22.3. The summed E-state index contributed by atoms with van der Waals surface area (Å²) in [7, 11) is 1.76. The summed E-state index contributed by atoms with van der Waals surface area (Å²) < 4.78 is 104. The van der Waals surface area contributed by atoms with Crippen molar-refractivity contribution in [3.8, 4) is 0 Å². The van der Waals surface area contributed by atoms with E-state index >= 15 is 0 Å². The second kappa shape index (κ2) is 21.3. The highest BCUT2D eigenvalue weighted by molar-refractivity contribution is 5.70. The topological polar surface area (TPSA) is 202 Å². The Morgan fingerprint density at radius 1 is 0.537 bits per heavy atom. The minimum Gasteiger partial charge on any atom is -0.459 e. The van der Waals surface area contributed by atoms with Crippen molar-refractivity contribution in [2.24, 2.45) is 41.2 Å². The number of methoxy groups -OCH3 is 1. The first kappa shape index (κ1) is 56.1. The van der Waals surface area contributed by atoms with Crippen molar-refractivity contribution in [3.63, 3.8) is 0 Å². The fraction of sp³-hybridized carbons (Fsp3) is 0.919. The molecule has 14 rings (SSSR count). The number of ether oxygens (including phenoxy) is 15. The number of esters is 1. The molecule has 18 heteroatoms. The van der Waals surface area contributed by atoms with Crippen LogP contribution in [0.4, 0.5) is 0 Å². The van der Waals surface area contributed by atoms with Crippen molar-refractivity contribution in [1.29, 1.82) is 0 Å². The first-order chi connectivity index (χ1) is 38.4. The normalized spacial score (nSPS) is 57.6. The van der Waals surface area contributed by atoms with Crippen molar-refractivity contribution in [3.05, 3.63) is 24.3 Å². The molecule has 0 radical (unpaired) electrons. The zero-order chi connectivity index (χ0) is 55.3. The van der Waals surface area contributed by atoms with Gasteiger partial charge >= 0.3 is 5.97 Å². The van der Waals surface area contributed by atoms with Gasteiger partial charge in [0.1, 0.15) is 18.3 Å². The number of carbonyl (C=O) groups is 1. The molecule has 10 bridgehead atoms. The van der Waals surface area contributed by atoms with Crippen LogP contribution < -0.4 is 5.73 Å². The highest BCUT2D eigenvalue weighted by atomic mass is 16.8. The van der Waals surface area contributed by atoms with Gasteiger partial charge in [-0.1, -0.05) is 54.7 Å². The maximum absolute atomic E-state index is 14.7. The molecule has 3 spiro atoms. The number of aliphatic hydroxyl groups excluding tert-OH is 1. The minimum atomic E-state index is -0.901. The first-order valence-electron chi connectivity index (χ1n) is 31.5. The molecule has 3 unspecified atom stereocenters. The van der Waals surface area contributed by atoms with Crippen LogP contribution in [0, 0.1) is 35.5 Å². The Morgan fingerprint density at radius 2 is 1.23 bits per heavy atom. The van der Waals surface area contributed by atoms with Crippen LogP contribution in [0.25, 0.3) is 0 Å². The summed E-state index contributed by atoms with van der Waals surface area (Å²) in [6.45, 7) is 22.7. The molecule has 14 heterocycles. The smallest absolute Gasteiger partial charge is 0.308 e. The van der Waals surface area contributed by atoms with Gasteiger partial charge in [-0.05, 0) is 79.8 Å². The second-order valence-electron chi connectivity index (χ2n) is 28.2. The summed E-state index contributed by atoms with van der Waals surface area (Å²) in [4.78, 5) is 14.7. The van der Waals surface area contributed by atoms with Crippen LogP contribution in [-0.4, -0.2) is 182 Å². The lowest BCUT2D eigenvalue weighted by Crippen LogP contribution is -2.63. The van der Waals surface area contributed by atoms with E-state index in [1.54, 1.807) is 7.11 Å². The summed E-state index contributed by atoms with van der Waals surface area (Å²) in [5.41, 5.74) is 8.16. The van der Waals surface area contributed by atoms with E-state index in [1.807, 2.05) is 0 Å². The van der Waals surface area contributed by atoms with Crippen LogP contribution in [0.1, 0.15) is 151 Å². The molecule has 0 aromatic heterocycles. The zero-order valence-corrected chi connectivity index (χ0v) is 48.4. The quantitative estimate of drug-likeness (QED) is 0.219. The van der Waals surface area contributed by atoms with Crippen LogP contribution in [0.15, 0.2) is 24.3 Å². The average Bonchev–Trinajstić information content (AvgIpc) is 4.30. The first-order valence-corrected chi connectivity index (χ1v) is 31.5. The van der Waals surface area contributed by atoms with Gasteiger partial charge in [0.15, 0.2) is 17.4 Å². The monoisotopic (exact) mass is 1120 g/mol. The fourth-order valence-electron chi connectivity index (χ4n) is 18.4. The Balaban J connectivity index is 0.702. The van der Waals surface area contributed by atoms with Crippen molar-refractivity contribution < 1.29 is 81.0 Å². The number of aliphatic hydroxyl groups is 1. The number of rotatable bonds is 2. The van der Waals surface area contributed by atoms with Crippen LogP contribution in [0.3, 0.4) is 0 Å². The Bertz CT molecular complexity index is 2330. The summed E-state index contributed by atoms with van der Waals surface area (Å²) in [6.07, 6.45) is 4.32. The van der Waals surface area contributed by atoms with Gasteiger partial charge in [-0.2, -0.15) is 0 Å². The molecule has 14 aliphatic heterocycles. The SMILES string of the molecule is C=C1C[C@@H]2CC[C@]34C[C@@H](OC)C(O3)C3O[C@H]5CC[C@H](CC(=O)O[C@@H]6[C@@H](C)[C@@H]7O[C@@H]8C[C@]9(C[C@@H]%10O[C@]%11(C[C@H](C)[C@@H]%12O[C@H](CN)[C@H](O)C[C@@H]%12O%11)C[C@H](C)[C@@H]%10O9)O[C@@H]8C[C@@H]7O[C@H]6C[C@H]6O[C@@H](C[C@H](C)C[C@@H]1O2)C[C@@H](C)C6=C)O[C@@H]5[C@H](O4)C3C. The molecule has 0 amide bonds. The van der Waals surface area contributed by atoms with E-state index in [9.17, 15) is 9.90 Å². The van der Waals surface area contributed by atoms with Crippen molar-refractivity contribution >= 4 is 5.97 Å². The Kier molecular flexibility index (Phi) is 15.0. The molecular weight excluding hydrogens is 1030 g/mol. The molecule has 14 fully saturated rings. The fourth-order valence-corrected chi connectivity index (χ4v) is 18.4. The van der Waals surface area contributed by atoms with Crippen molar-refractivity contribution in [1.82, 2.24) is 0 Å². The largest absolute Gasteiger partial charge is 0.459 e. The summed E-state index contributed by atoms with van der Waals surface area (Å²) in [5, 5.41) is 10.9. The highest BCUT2D eigenvalue weighted by Gasteiger charge is 2.66.